The van der Waals surface area contributed by atoms with Crippen molar-refractivity contribution in [1.29, 1.82) is 0 Å². The van der Waals surface area contributed by atoms with E-state index >= 15 is 0 Å². The molecule has 1 heterocycles. The van der Waals surface area contributed by atoms with E-state index in [9.17, 15) is 4.79 Å². The molecule has 146 valence electrons. The van der Waals surface area contributed by atoms with E-state index in [2.05, 4.69) is 31.0 Å². The van der Waals surface area contributed by atoms with Gasteiger partial charge in [0.15, 0.2) is 11.5 Å². The van der Waals surface area contributed by atoms with Crippen LogP contribution < -0.4 is 14.8 Å². The molecule has 1 aliphatic heterocycles. The summed E-state index contributed by atoms with van der Waals surface area (Å²) in [5, 5.41) is 3.42. The number of nitrogens with one attached hydrogen (secondary N) is 1. The Morgan fingerprint density at radius 2 is 2.19 bits per heavy atom. The fraction of sp³-hybridized carbons (Fsp3) is 0.650. The van der Waals surface area contributed by atoms with Crippen molar-refractivity contribution >= 4 is 17.5 Å². The Balaban J connectivity index is 2.02. The van der Waals surface area contributed by atoms with Gasteiger partial charge in [-0.05, 0) is 50.4 Å². The van der Waals surface area contributed by atoms with E-state index in [0.29, 0.717) is 47.2 Å². The topological polar surface area (TPSA) is 50.8 Å². The molecule has 1 unspecified atom stereocenters. The van der Waals surface area contributed by atoms with Crippen molar-refractivity contribution in [3.63, 3.8) is 0 Å². The molecule has 0 aromatic heterocycles. The first-order valence-corrected chi connectivity index (χ1v) is 9.86. The summed E-state index contributed by atoms with van der Waals surface area (Å²) in [5.41, 5.74) is 0.490. The molecule has 1 aromatic rings. The second kappa shape index (κ2) is 10.0. The van der Waals surface area contributed by atoms with Crippen LogP contribution in [-0.4, -0.2) is 50.2 Å². The Hall–Kier alpha value is -1.46. The number of methoxy groups -OCH3 is 1. The van der Waals surface area contributed by atoms with Gasteiger partial charge in [-0.15, -0.1) is 0 Å². The second-order valence-corrected chi connectivity index (χ2v) is 7.56. The first kappa shape index (κ1) is 20.8. The molecular formula is C20H31ClN2O3. The number of carbonyl (C=O) groups excluding carboxylic acids is 1. The summed E-state index contributed by atoms with van der Waals surface area (Å²) in [6.45, 7) is 9.77. The van der Waals surface area contributed by atoms with Crippen LogP contribution in [0.15, 0.2) is 12.1 Å². The minimum absolute atomic E-state index is 0.137. The van der Waals surface area contributed by atoms with Gasteiger partial charge in [0.25, 0.3) is 5.91 Å². The van der Waals surface area contributed by atoms with Gasteiger partial charge in [0, 0.05) is 18.2 Å². The Bertz CT molecular complexity index is 607. The molecule has 0 spiro atoms. The Morgan fingerprint density at radius 3 is 2.85 bits per heavy atom. The molecule has 1 saturated heterocycles. The summed E-state index contributed by atoms with van der Waals surface area (Å²) in [7, 11) is 1.56. The Kier molecular flexibility index (Phi) is 8.04. The average Bonchev–Trinajstić information content (AvgIpc) is 3.07. The van der Waals surface area contributed by atoms with Crippen LogP contribution in [0.4, 0.5) is 0 Å². The molecule has 1 aromatic carbocycles. The lowest BCUT2D eigenvalue weighted by molar-refractivity contribution is 0.0941. The van der Waals surface area contributed by atoms with Crippen molar-refractivity contribution in [2.75, 3.05) is 33.4 Å². The maximum absolute atomic E-state index is 12.5. The van der Waals surface area contributed by atoms with E-state index < -0.39 is 0 Å². The van der Waals surface area contributed by atoms with Crippen molar-refractivity contribution in [3.8, 4) is 11.5 Å². The second-order valence-electron chi connectivity index (χ2n) is 7.16. The first-order valence-electron chi connectivity index (χ1n) is 9.48. The van der Waals surface area contributed by atoms with Gasteiger partial charge in [-0.2, -0.15) is 0 Å². The highest BCUT2D eigenvalue weighted by molar-refractivity contribution is 6.32. The van der Waals surface area contributed by atoms with Crippen LogP contribution in [0.5, 0.6) is 11.5 Å². The molecule has 1 N–H and O–H groups in total. The van der Waals surface area contributed by atoms with E-state index in [1.165, 1.54) is 6.42 Å². The summed E-state index contributed by atoms with van der Waals surface area (Å²) in [4.78, 5) is 14.9. The summed E-state index contributed by atoms with van der Waals surface area (Å²) in [5.74, 6) is 1.40. The van der Waals surface area contributed by atoms with Gasteiger partial charge >= 0.3 is 0 Å². The average molecular weight is 383 g/mol. The smallest absolute Gasteiger partial charge is 0.251 e. The predicted octanol–water partition coefficient (Wildman–Crippen LogP) is 3.99. The quantitative estimate of drug-likeness (QED) is 0.701. The van der Waals surface area contributed by atoms with Crippen LogP contribution in [0.25, 0.3) is 0 Å². The number of likely N-dealkylation sites (N-methyl/N-ethyl adjacent to an activating group) is 1. The zero-order valence-corrected chi connectivity index (χ0v) is 17.1. The fourth-order valence-corrected chi connectivity index (χ4v) is 3.51. The summed E-state index contributed by atoms with van der Waals surface area (Å²) in [6, 6.07) is 3.76. The largest absolute Gasteiger partial charge is 0.493 e. The lowest BCUT2D eigenvalue weighted by Crippen LogP contribution is -2.40. The summed E-state index contributed by atoms with van der Waals surface area (Å²) >= 11 is 6.35. The van der Waals surface area contributed by atoms with E-state index in [4.69, 9.17) is 21.1 Å². The van der Waals surface area contributed by atoms with Crippen LogP contribution in [0, 0.1) is 5.92 Å². The highest BCUT2D eigenvalue weighted by Gasteiger charge is 2.24. The summed E-state index contributed by atoms with van der Waals surface area (Å²) < 4.78 is 11.2. The van der Waals surface area contributed by atoms with Crippen LogP contribution in [0.1, 0.15) is 50.4 Å². The fourth-order valence-electron chi connectivity index (χ4n) is 3.24. The molecule has 2 rings (SSSR count). The van der Waals surface area contributed by atoms with Gasteiger partial charge in [-0.3, -0.25) is 9.69 Å². The molecule has 0 radical (unpaired) electrons. The number of carbonyl (C=O) groups is 1. The zero-order chi connectivity index (χ0) is 19.1. The molecule has 6 heteroatoms. The van der Waals surface area contributed by atoms with E-state index in [-0.39, 0.29) is 5.91 Å². The first-order chi connectivity index (χ1) is 12.5. The number of ether oxygens (including phenoxy) is 2. The van der Waals surface area contributed by atoms with E-state index in [0.717, 1.165) is 25.9 Å². The third-order valence-corrected chi connectivity index (χ3v) is 5.12. The number of hydrogen-bond donors (Lipinski definition) is 1. The lowest BCUT2D eigenvalue weighted by Gasteiger charge is -2.23. The third kappa shape index (κ3) is 5.52. The number of benzene rings is 1. The number of likely N-dealkylation sites (tertiary alicyclic amines) is 1. The lowest BCUT2D eigenvalue weighted by atomic mass is 10.1. The van der Waals surface area contributed by atoms with Gasteiger partial charge in [-0.25, -0.2) is 0 Å². The van der Waals surface area contributed by atoms with Gasteiger partial charge in [0.1, 0.15) is 0 Å². The monoisotopic (exact) mass is 382 g/mol. The van der Waals surface area contributed by atoms with Crippen LogP contribution in [0.2, 0.25) is 5.02 Å². The SMILES string of the molecule is CCN1CCCC1CNC(=O)c1cc(Cl)c(OCCC(C)C)c(OC)c1. The normalized spacial score (nSPS) is 17.5. The molecule has 1 fully saturated rings. The molecule has 0 saturated carbocycles. The predicted molar refractivity (Wildman–Crippen MR) is 106 cm³/mol. The summed E-state index contributed by atoms with van der Waals surface area (Å²) in [6.07, 6.45) is 3.24. The molecular weight excluding hydrogens is 352 g/mol. The molecule has 1 atom stereocenters. The standard InChI is InChI=1S/C20H31ClN2O3/c1-5-23-9-6-7-16(23)13-22-20(24)15-11-17(21)19(18(12-15)25-4)26-10-8-14(2)3/h11-12,14,16H,5-10,13H2,1-4H3,(H,22,24). The number of nitrogens with zero attached hydrogens (tertiary/aromatic N) is 1. The maximum Gasteiger partial charge on any atom is 0.251 e. The molecule has 1 amide bonds. The van der Waals surface area contributed by atoms with Gasteiger partial charge in [0.05, 0.1) is 18.7 Å². The van der Waals surface area contributed by atoms with E-state index in [1.807, 2.05) is 0 Å². The number of hydrogen-bond acceptors (Lipinski definition) is 4. The van der Waals surface area contributed by atoms with Gasteiger partial charge in [0.2, 0.25) is 0 Å². The maximum atomic E-state index is 12.5. The highest BCUT2D eigenvalue weighted by Crippen LogP contribution is 2.36. The molecule has 1 aliphatic rings. The Morgan fingerprint density at radius 1 is 1.42 bits per heavy atom. The Labute approximate surface area is 162 Å². The molecule has 0 bridgehead atoms. The number of rotatable bonds is 9. The van der Waals surface area contributed by atoms with Crippen molar-refractivity contribution < 1.29 is 14.3 Å². The number of amides is 1. The van der Waals surface area contributed by atoms with Gasteiger partial charge in [-0.1, -0.05) is 32.4 Å². The van der Waals surface area contributed by atoms with Crippen LogP contribution in [0.3, 0.4) is 0 Å². The zero-order valence-electron chi connectivity index (χ0n) is 16.3. The number of halogens is 1. The minimum Gasteiger partial charge on any atom is -0.493 e. The molecule has 0 aliphatic carbocycles. The minimum atomic E-state index is -0.137. The van der Waals surface area contributed by atoms with Crippen molar-refractivity contribution in [2.24, 2.45) is 5.92 Å². The van der Waals surface area contributed by atoms with Crippen molar-refractivity contribution in [2.45, 2.75) is 46.1 Å². The van der Waals surface area contributed by atoms with Crippen molar-refractivity contribution in [1.82, 2.24) is 10.2 Å². The molecule has 5 nitrogen and oxygen atoms in total. The van der Waals surface area contributed by atoms with Gasteiger partial charge < -0.3 is 14.8 Å². The van der Waals surface area contributed by atoms with Crippen LogP contribution in [-0.2, 0) is 0 Å². The highest BCUT2D eigenvalue weighted by atomic mass is 35.5. The van der Waals surface area contributed by atoms with E-state index in [1.54, 1.807) is 19.2 Å². The van der Waals surface area contributed by atoms with Crippen LogP contribution >= 0.6 is 11.6 Å². The van der Waals surface area contributed by atoms with Crippen molar-refractivity contribution in [3.05, 3.63) is 22.7 Å². The molecule has 26 heavy (non-hydrogen) atoms. The third-order valence-electron chi connectivity index (χ3n) is 4.84.